The van der Waals surface area contributed by atoms with E-state index in [4.69, 9.17) is 0 Å². The lowest BCUT2D eigenvalue weighted by Gasteiger charge is -2.02. The van der Waals surface area contributed by atoms with Gasteiger partial charge < -0.3 is 9.88 Å². The van der Waals surface area contributed by atoms with Gasteiger partial charge >= 0.3 is 0 Å². The molecule has 25 heavy (non-hydrogen) atoms. The molecule has 0 bridgehead atoms. The Bertz CT molecular complexity index is 1060. The first kappa shape index (κ1) is 15.5. The van der Waals surface area contributed by atoms with Gasteiger partial charge in [0.25, 0.3) is 0 Å². The second kappa shape index (κ2) is 6.10. The van der Waals surface area contributed by atoms with Gasteiger partial charge in [0.2, 0.25) is 5.91 Å². The number of carbonyl (C=O) groups excluding carboxylic acids is 1. The molecule has 0 aliphatic rings. The van der Waals surface area contributed by atoms with Crippen LogP contribution in [0.15, 0.2) is 36.7 Å². The van der Waals surface area contributed by atoms with Crippen LogP contribution in [-0.2, 0) is 18.4 Å². The van der Waals surface area contributed by atoms with Crippen molar-refractivity contribution in [3.8, 4) is 10.7 Å². The van der Waals surface area contributed by atoms with Crippen LogP contribution in [0.4, 0.5) is 5.13 Å². The number of aryl methyl sites for hydroxylation is 2. The first-order valence-corrected chi connectivity index (χ1v) is 8.46. The molecule has 1 aromatic carbocycles. The first-order chi connectivity index (χ1) is 12.1. The van der Waals surface area contributed by atoms with E-state index in [1.54, 1.807) is 10.9 Å². The molecule has 0 unspecified atom stereocenters. The zero-order valence-electron chi connectivity index (χ0n) is 13.7. The molecule has 1 N–H and O–H groups in total. The third kappa shape index (κ3) is 2.89. The number of nitrogens with zero attached hydrogens (tertiary/aromatic N) is 6. The third-order valence-electron chi connectivity index (χ3n) is 3.78. The van der Waals surface area contributed by atoms with E-state index in [2.05, 4.69) is 25.6 Å². The van der Waals surface area contributed by atoms with Gasteiger partial charge in [-0.15, -0.1) is 5.10 Å². The fraction of sp³-hybridized carbons (Fsp3) is 0.188. The number of thiazole rings is 1. The fourth-order valence-electron chi connectivity index (χ4n) is 2.57. The normalized spacial score (nSPS) is 11.1. The van der Waals surface area contributed by atoms with E-state index in [1.807, 2.05) is 49.0 Å². The van der Waals surface area contributed by atoms with E-state index in [-0.39, 0.29) is 12.5 Å². The smallest absolute Gasteiger partial charge is 0.247 e. The highest BCUT2D eigenvalue weighted by atomic mass is 32.1. The second-order valence-corrected chi connectivity index (χ2v) is 6.58. The number of aromatic nitrogens is 6. The zero-order valence-corrected chi connectivity index (χ0v) is 14.5. The largest absolute Gasteiger partial charge is 0.333 e. The molecule has 126 valence electrons. The van der Waals surface area contributed by atoms with Crippen LogP contribution >= 0.6 is 11.3 Å². The minimum atomic E-state index is -0.198. The van der Waals surface area contributed by atoms with Crippen LogP contribution in [0.3, 0.4) is 0 Å². The average molecular weight is 353 g/mol. The summed E-state index contributed by atoms with van der Waals surface area (Å²) in [5.74, 6) is 0.633. The van der Waals surface area contributed by atoms with Gasteiger partial charge in [0, 0.05) is 19.4 Å². The number of carbonyl (C=O) groups is 1. The maximum absolute atomic E-state index is 12.3. The summed E-state index contributed by atoms with van der Waals surface area (Å²) in [7, 11) is 1.93. The number of benzene rings is 1. The molecular weight excluding hydrogens is 338 g/mol. The molecular formula is C16H15N7OS. The van der Waals surface area contributed by atoms with E-state index in [0.717, 1.165) is 27.4 Å². The van der Waals surface area contributed by atoms with Gasteiger partial charge in [0.15, 0.2) is 11.0 Å². The molecule has 0 radical (unpaired) electrons. The molecule has 0 spiro atoms. The second-order valence-electron chi connectivity index (χ2n) is 5.58. The van der Waals surface area contributed by atoms with Crippen LogP contribution in [0.5, 0.6) is 0 Å². The number of fused-ring (bicyclic) bond motifs is 1. The maximum Gasteiger partial charge on any atom is 0.247 e. The molecule has 3 aromatic heterocycles. The van der Waals surface area contributed by atoms with Gasteiger partial charge in [0.05, 0.1) is 16.1 Å². The summed E-state index contributed by atoms with van der Waals surface area (Å²) in [6.07, 6.45) is 3.62. The quantitative estimate of drug-likeness (QED) is 0.607. The predicted molar refractivity (Wildman–Crippen MR) is 95.2 cm³/mol. The lowest BCUT2D eigenvalue weighted by molar-refractivity contribution is -0.116. The van der Waals surface area contributed by atoms with Gasteiger partial charge in [-0.3, -0.25) is 4.79 Å². The third-order valence-corrected chi connectivity index (χ3v) is 4.85. The summed E-state index contributed by atoms with van der Waals surface area (Å²) in [5.41, 5.74) is 2.42. The fourth-order valence-corrected chi connectivity index (χ4v) is 3.59. The van der Waals surface area contributed by atoms with E-state index in [0.29, 0.717) is 5.13 Å². The summed E-state index contributed by atoms with van der Waals surface area (Å²) in [5, 5.41) is 11.5. The summed E-state index contributed by atoms with van der Waals surface area (Å²) < 4.78 is 3.50. The summed E-state index contributed by atoms with van der Waals surface area (Å²) in [6, 6.07) is 7.53. The Labute approximate surface area is 147 Å². The van der Waals surface area contributed by atoms with E-state index >= 15 is 0 Å². The molecule has 8 nitrogen and oxygen atoms in total. The molecule has 4 rings (SSSR count). The van der Waals surface area contributed by atoms with Crippen molar-refractivity contribution in [2.45, 2.75) is 13.5 Å². The molecule has 4 aromatic rings. The van der Waals surface area contributed by atoms with Crippen molar-refractivity contribution < 1.29 is 4.79 Å². The SMILES string of the molecule is Cc1nc(NC(=O)Cn2nnc3ccccc32)sc1-c1nccn1C. The van der Waals surface area contributed by atoms with E-state index < -0.39 is 0 Å². The number of hydrogen-bond acceptors (Lipinski definition) is 6. The van der Waals surface area contributed by atoms with Crippen LogP contribution in [0, 0.1) is 6.92 Å². The van der Waals surface area contributed by atoms with Crippen LogP contribution in [-0.4, -0.2) is 35.4 Å². The standard InChI is InChI=1S/C16H15N7OS/c1-10-14(15-17-7-8-22(15)2)25-16(18-10)19-13(24)9-23-12-6-4-3-5-11(12)20-21-23/h3-8H,9H2,1-2H3,(H,18,19,24). The van der Waals surface area contributed by atoms with Crippen molar-refractivity contribution in [3.05, 3.63) is 42.4 Å². The zero-order chi connectivity index (χ0) is 17.4. The molecule has 3 heterocycles. The van der Waals surface area contributed by atoms with Gasteiger partial charge in [0.1, 0.15) is 12.1 Å². The number of para-hydroxylation sites is 1. The monoisotopic (exact) mass is 353 g/mol. The van der Waals surface area contributed by atoms with Crippen LogP contribution in [0.25, 0.3) is 21.7 Å². The molecule has 0 fully saturated rings. The summed E-state index contributed by atoms with van der Waals surface area (Å²) >= 11 is 1.40. The Morgan fingerprint density at radius 3 is 2.96 bits per heavy atom. The van der Waals surface area contributed by atoms with Crippen LogP contribution in [0.2, 0.25) is 0 Å². The van der Waals surface area contributed by atoms with Crippen molar-refractivity contribution in [2.24, 2.45) is 7.05 Å². The molecule has 0 saturated heterocycles. The lowest BCUT2D eigenvalue weighted by Crippen LogP contribution is -2.19. The lowest BCUT2D eigenvalue weighted by atomic mass is 10.3. The molecule has 0 saturated carbocycles. The molecule has 0 aliphatic heterocycles. The molecule has 0 atom stereocenters. The van der Waals surface area contributed by atoms with Crippen LogP contribution in [0.1, 0.15) is 5.69 Å². The van der Waals surface area contributed by atoms with Gasteiger partial charge in [-0.05, 0) is 19.1 Å². The molecule has 0 aliphatic carbocycles. The number of imidazole rings is 1. The highest BCUT2D eigenvalue weighted by molar-refractivity contribution is 7.19. The van der Waals surface area contributed by atoms with Crippen LogP contribution < -0.4 is 5.32 Å². The number of amides is 1. The number of hydrogen-bond donors (Lipinski definition) is 1. The van der Waals surface area contributed by atoms with E-state index in [1.165, 1.54) is 11.3 Å². The predicted octanol–water partition coefficient (Wildman–Crippen LogP) is 2.24. The van der Waals surface area contributed by atoms with Crippen molar-refractivity contribution in [3.63, 3.8) is 0 Å². The molecule has 9 heteroatoms. The Kier molecular flexibility index (Phi) is 3.77. The van der Waals surface area contributed by atoms with Gasteiger partial charge in [-0.1, -0.05) is 28.7 Å². The Balaban J connectivity index is 1.53. The van der Waals surface area contributed by atoms with Crippen molar-refractivity contribution in [2.75, 3.05) is 5.32 Å². The highest BCUT2D eigenvalue weighted by Crippen LogP contribution is 2.31. The topological polar surface area (TPSA) is 90.5 Å². The molecule has 1 amide bonds. The average Bonchev–Trinajstić information content (AvgIpc) is 3.27. The van der Waals surface area contributed by atoms with Gasteiger partial charge in [-0.2, -0.15) is 0 Å². The van der Waals surface area contributed by atoms with Crippen molar-refractivity contribution in [1.29, 1.82) is 0 Å². The minimum Gasteiger partial charge on any atom is -0.333 e. The number of rotatable bonds is 4. The summed E-state index contributed by atoms with van der Waals surface area (Å²) in [6.45, 7) is 1.98. The van der Waals surface area contributed by atoms with Crippen molar-refractivity contribution >= 4 is 33.4 Å². The van der Waals surface area contributed by atoms with E-state index in [9.17, 15) is 4.79 Å². The Hall–Kier alpha value is -3.07. The minimum absolute atomic E-state index is 0.0802. The first-order valence-electron chi connectivity index (χ1n) is 7.65. The highest BCUT2D eigenvalue weighted by Gasteiger charge is 2.16. The number of anilines is 1. The Morgan fingerprint density at radius 1 is 1.32 bits per heavy atom. The maximum atomic E-state index is 12.3. The number of nitrogens with one attached hydrogen (secondary N) is 1. The Morgan fingerprint density at radius 2 is 2.16 bits per heavy atom. The van der Waals surface area contributed by atoms with Crippen molar-refractivity contribution in [1.82, 2.24) is 29.5 Å². The summed E-state index contributed by atoms with van der Waals surface area (Å²) in [4.78, 5) is 22.0. The van der Waals surface area contributed by atoms with Gasteiger partial charge in [-0.25, -0.2) is 14.6 Å².